The Hall–Kier alpha value is -5.24. The summed E-state index contributed by atoms with van der Waals surface area (Å²) in [7, 11) is 2.35. The fourth-order valence-electron chi connectivity index (χ4n) is 6.69. The molecule has 0 aromatic heterocycles. The van der Waals surface area contributed by atoms with Crippen molar-refractivity contribution in [3.05, 3.63) is 86.2 Å². The Morgan fingerprint density at radius 1 is 0.696 bits per heavy atom. The van der Waals surface area contributed by atoms with Crippen LogP contribution >= 0.6 is 0 Å². The van der Waals surface area contributed by atoms with Gasteiger partial charge in [0.2, 0.25) is 16.3 Å². The molecule has 0 saturated heterocycles. The van der Waals surface area contributed by atoms with E-state index in [1.54, 1.807) is 0 Å². The van der Waals surface area contributed by atoms with Crippen LogP contribution in [0, 0.1) is 23.3 Å². The number of aromatic hydroxyl groups is 4. The summed E-state index contributed by atoms with van der Waals surface area (Å²) in [4.78, 5) is 53.3. The third-order valence-electron chi connectivity index (χ3n) is 9.37. The zero-order valence-corrected chi connectivity index (χ0v) is 25.0. The molecule has 3 aliphatic carbocycles. The molecular weight excluding hydrogens is 604 g/mol. The van der Waals surface area contributed by atoms with Gasteiger partial charge in [0.05, 0.1) is 41.9 Å². The Bertz CT molecular complexity index is 2460. The van der Waals surface area contributed by atoms with Crippen LogP contribution in [0.25, 0.3) is 32.7 Å². The SMILES string of the molecule is COc1cc(O)c2c(O)c3c(c(O)c2c1-c1c(OC)cc(O)c2c(=O)c4c(=O)c(=O)c(C)cc=4c(=O)c12)[C@H](O)[C@](C)(O)[C@H](C)[C@H]3O. The molecule has 13 nitrogen and oxygen atoms in total. The number of hydrogen-bond donors (Lipinski definition) is 7. The van der Waals surface area contributed by atoms with Gasteiger partial charge in [0.25, 0.3) is 0 Å². The normalized spacial score (nSPS) is 21.2. The van der Waals surface area contributed by atoms with Crippen molar-refractivity contribution in [2.45, 2.75) is 38.6 Å². The number of phenols is 4. The van der Waals surface area contributed by atoms with Crippen molar-refractivity contribution in [3.8, 4) is 45.6 Å². The van der Waals surface area contributed by atoms with Gasteiger partial charge in [-0.25, -0.2) is 0 Å². The van der Waals surface area contributed by atoms with Crippen molar-refractivity contribution in [2.24, 2.45) is 5.92 Å². The van der Waals surface area contributed by atoms with Crippen LogP contribution in [0.2, 0.25) is 0 Å². The minimum absolute atomic E-state index is 0.113. The van der Waals surface area contributed by atoms with Crippen molar-refractivity contribution >= 4 is 21.5 Å². The second kappa shape index (κ2) is 9.88. The highest BCUT2D eigenvalue weighted by Crippen LogP contribution is 2.60. The molecule has 0 bridgehead atoms. The third-order valence-corrected chi connectivity index (χ3v) is 9.37. The highest BCUT2D eigenvalue weighted by molar-refractivity contribution is 6.16. The second-order valence-corrected chi connectivity index (χ2v) is 11.8. The summed E-state index contributed by atoms with van der Waals surface area (Å²) >= 11 is 0. The quantitative estimate of drug-likeness (QED) is 0.110. The smallest absolute Gasteiger partial charge is 0.237 e. The fourth-order valence-corrected chi connectivity index (χ4v) is 6.69. The Balaban J connectivity index is 1.97. The molecule has 0 spiro atoms. The van der Waals surface area contributed by atoms with Gasteiger partial charge in [-0.15, -0.1) is 0 Å². The monoisotopic (exact) mass is 632 g/mol. The lowest BCUT2D eigenvalue weighted by Gasteiger charge is -2.44. The maximum absolute atomic E-state index is 14.2. The number of aliphatic hydroxyl groups is 3. The molecule has 7 N–H and O–H groups in total. The molecule has 0 fully saturated rings. The fraction of sp³-hybridized carbons (Fsp3) is 0.273. The van der Waals surface area contributed by atoms with E-state index in [0.29, 0.717) is 0 Å². The second-order valence-electron chi connectivity index (χ2n) is 11.8. The third kappa shape index (κ3) is 3.67. The molecule has 0 radical (unpaired) electrons. The summed E-state index contributed by atoms with van der Waals surface area (Å²) in [6, 6.07) is 3.06. The van der Waals surface area contributed by atoms with Gasteiger partial charge in [0.1, 0.15) is 40.6 Å². The van der Waals surface area contributed by atoms with Gasteiger partial charge in [-0.3, -0.25) is 19.2 Å². The Kier molecular flexibility index (Phi) is 6.61. The Morgan fingerprint density at radius 3 is 1.78 bits per heavy atom. The first-order chi connectivity index (χ1) is 21.5. The van der Waals surface area contributed by atoms with E-state index in [-0.39, 0.29) is 33.8 Å². The number of aryl methyl sites for hydroxylation is 1. The number of methoxy groups -OCH3 is 2. The lowest BCUT2D eigenvalue weighted by atomic mass is 9.69. The Morgan fingerprint density at radius 2 is 1.22 bits per heavy atom. The predicted molar refractivity (Wildman–Crippen MR) is 164 cm³/mol. The number of fused-ring (bicyclic) bond motifs is 3. The van der Waals surface area contributed by atoms with Crippen molar-refractivity contribution in [1.29, 1.82) is 0 Å². The number of hydrogen-bond acceptors (Lipinski definition) is 13. The first-order valence-corrected chi connectivity index (χ1v) is 14.0. The van der Waals surface area contributed by atoms with Gasteiger partial charge >= 0.3 is 0 Å². The summed E-state index contributed by atoms with van der Waals surface area (Å²) < 4.78 is 11.0. The van der Waals surface area contributed by atoms with Crippen molar-refractivity contribution in [2.75, 3.05) is 14.2 Å². The van der Waals surface area contributed by atoms with Crippen molar-refractivity contribution in [3.63, 3.8) is 0 Å². The van der Waals surface area contributed by atoms with Gasteiger partial charge in [-0.1, -0.05) is 6.92 Å². The molecule has 0 aliphatic heterocycles. The van der Waals surface area contributed by atoms with Crippen LogP contribution in [0.15, 0.2) is 37.4 Å². The van der Waals surface area contributed by atoms with Crippen LogP contribution in [-0.2, 0) is 0 Å². The summed E-state index contributed by atoms with van der Waals surface area (Å²) in [5.41, 5.74) is -7.90. The number of rotatable bonds is 3. The molecule has 0 saturated carbocycles. The number of aliphatic hydroxyl groups excluding tert-OH is 2. The van der Waals surface area contributed by atoms with E-state index < -0.39 is 106 Å². The van der Waals surface area contributed by atoms with Gasteiger partial charge < -0.3 is 45.2 Å². The van der Waals surface area contributed by atoms with Gasteiger partial charge in [0, 0.05) is 61.9 Å². The highest BCUT2D eigenvalue weighted by atomic mass is 16.5. The summed E-state index contributed by atoms with van der Waals surface area (Å²) in [5, 5.41) is 75.6. The average molecular weight is 633 g/mol. The van der Waals surface area contributed by atoms with E-state index in [0.717, 1.165) is 18.2 Å². The van der Waals surface area contributed by atoms with E-state index in [1.807, 2.05) is 0 Å². The minimum atomic E-state index is -2.03. The van der Waals surface area contributed by atoms with Crippen LogP contribution in [0.4, 0.5) is 0 Å². The lowest BCUT2D eigenvalue weighted by molar-refractivity contribution is -0.142. The molecule has 6 rings (SSSR count). The molecule has 13 heteroatoms. The topological polar surface area (TPSA) is 228 Å². The summed E-state index contributed by atoms with van der Waals surface area (Å²) in [6.07, 6.45) is -3.52. The van der Waals surface area contributed by atoms with Gasteiger partial charge in [0.15, 0.2) is 5.43 Å². The van der Waals surface area contributed by atoms with Gasteiger partial charge in [-0.05, 0) is 19.9 Å². The number of phenolic OH excluding ortho intramolecular Hbond substituents is 4. The number of ether oxygens (including phenoxy) is 2. The zero-order chi connectivity index (χ0) is 33.9. The molecule has 3 aromatic rings. The standard InChI is InChI=1S/C33H28O13/c1-9-6-11-16(31(42)25(9)36)28(39)17-12(34)7-14(45-4)19(21(17)27(11)38)20-15(46-5)8-13(35)18-22(20)30(41)24-23(29(18)40)26(37)10(2)33(3,44)32(24)43/h6-8,10,26,32,34-35,37,40-41,43-44H,1-5H3/t10-,26-,32+,33-/m1/s1. The summed E-state index contributed by atoms with van der Waals surface area (Å²) in [5.74, 6) is -4.62. The van der Waals surface area contributed by atoms with E-state index in [1.165, 1.54) is 35.0 Å². The van der Waals surface area contributed by atoms with Crippen LogP contribution in [0.5, 0.6) is 34.5 Å². The van der Waals surface area contributed by atoms with Crippen LogP contribution in [-0.4, -0.2) is 55.6 Å². The van der Waals surface area contributed by atoms with E-state index >= 15 is 0 Å². The van der Waals surface area contributed by atoms with E-state index in [9.17, 15) is 54.9 Å². The molecule has 3 aromatic carbocycles. The predicted octanol–water partition coefficient (Wildman–Crippen LogP) is 1.32. The maximum Gasteiger partial charge on any atom is 0.237 e. The maximum atomic E-state index is 14.2. The number of benzene rings is 3. The first kappa shape index (κ1) is 30.8. The van der Waals surface area contributed by atoms with E-state index in [4.69, 9.17) is 9.47 Å². The molecule has 3 aliphatic rings. The lowest BCUT2D eigenvalue weighted by Crippen LogP contribution is -2.46. The minimum Gasteiger partial charge on any atom is -0.507 e. The first-order valence-electron chi connectivity index (χ1n) is 14.0. The van der Waals surface area contributed by atoms with Crippen LogP contribution in [0.1, 0.15) is 42.7 Å². The molecule has 0 heterocycles. The van der Waals surface area contributed by atoms with Crippen molar-refractivity contribution in [1.82, 2.24) is 0 Å². The molecule has 0 unspecified atom stereocenters. The Labute approximate surface area is 257 Å². The van der Waals surface area contributed by atoms with E-state index in [2.05, 4.69) is 0 Å². The zero-order valence-electron chi connectivity index (χ0n) is 25.0. The molecule has 46 heavy (non-hydrogen) atoms. The van der Waals surface area contributed by atoms with Crippen LogP contribution < -0.4 is 31.2 Å². The van der Waals surface area contributed by atoms with Crippen molar-refractivity contribution < 1.29 is 45.2 Å². The highest BCUT2D eigenvalue weighted by Gasteiger charge is 2.50. The van der Waals surface area contributed by atoms with Gasteiger partial charge in [-0.2, -0.15) is 0 Å². The summed E-state index contributed by atoms with van der Waals surface area (Å²) in [6.45, 7) is 3.92. The average Bonchev–Trinajstić information content (AvgIpc) is 3.01. The molecular formula is C33H28O13. The van der Waals surface area contributed by atoms with Crippen LogP contribution in [0.3, 0.4) is 0 Å². The largest absolute Gasteiger partial charge is 0.507 e. The molecule has 4 atom stereocenters. The molecule has 238 valence electrons. The molecule has 0 amide bonds.